The smallest absolute Gasteiger partial charge is 0.328 e. The molecule has 8 nitrogen and oxygen atoms in total. The van der Waals surface area contributed by atoms with Crippen molar-refractivity contribution in [2.75, 3.05) is 7.11 Å². The Morgan fingerprint density at radius 3 is 2.30 bits per heavy atom. The molecule has 3 aromatic rings. The number of fused-ring (bicyclic) bond motifs is 1. The SMILES string of the molecule is COC(=O)[C@H](CC(C)C)NC(=O)C[C@H](O)[C@H](Cc1cccc2ccccc12)NC(=O)c1ccccc1O. The third-order valence-corrected chi connectivity index (χ3v) is 6.17. The lowest BCUT2D eigenvalue weighted by Gasteiger charge is -2.26. The van der Waals surface area contributed by atoms with Crippen LogP contribution in [0.4, 0.5) is 0 Å². The van der Waals surface area contributed by atoms with Crippen molar-refractivity contribution in [1.29, 1.82) is 0 Å². The summed E-state index contributed by atoms with van der Waals surface area (Å²) in [6.07, 6.45) is -0.993. The number of rotatable bonds is 11. The summed E-state index contributed by atoms with van der Waals surface area (Å²) in [5.74, 6) is -1.73. The molecular formula is C29H34N2O6. The van der Waals surface area contributed by atoms with Gasteiger partial charge in [-0.3, -0.25) is 9.59 Å². The van der Waals surface area contributed by atoms with Crippen LogP contribution in [0, 0.1) is 5.92 Å². The number of methoxy groups -OCH3 is 1. The number of aliphatic hydroxyl groups is 1. The second-order valence-electron chi connectivity index (χ2n) is 9.48. The zero-order valence-electron chi connectivity index (χ0n) is 21.3. The van der Waals surface area contributed by atoms with E-state index in [-0.39, 0.29) is 30.1 Å². The summed E-state index contributed by atoms with van der Waals surface area (Å²) in [4.78, 5) is 37.9. The van der Waals surface area contributed by atoms with Crippen LogP contribution in [0.1, 0.15) is 42.6 Å². The Kier molecular flexibility index (Phi) is 9.63. The maximum Gasteiger partial charge on any atom is 0.328 e. The van der Waals surface area contributed by atoms with Crippen LogP contribution in [0.5, 0.6) is 5.75 Å². The Labute approximate surface area is 216 Å². The summed E-state index contributed by atoms with van der Waals surface area (Å²) < 4.78 is 4.80. The van der Waals surface area contributed by atoms with Crippen LogP contribution in [0.2, 0.25) is 0 Å². The third-order valence-electron chi connectivity index (χ3n) is 6.17. The van der Waals surface area contributed by atoms with Gasteiger partial charge in [-0.2, -0.15) is 0 Å². The first-order valence-electron chi connectivity index (χ1n) is 12.3. The van der Waals surface area contributed by atoms with E-state index in [1.54, 1.807) is 12.1 Å². The van der Waals surface area contributed by atoms with Crippen LogP contribution in [0.3, 0.4) is 0 Å². The van der Waals surface area contributed by atoms with Crippen molar-refractivity contribution in [2.45, 2.75) is 51.3 Å². The number of benzene rings is 3. The Balaban J connectivity index is 1.83. The van der Waals surface area contributed by atoms with Gasteiger partial charge in [-0.05, 0) is 47.2 Å². The minimum atomic E-state index is -1.27. The molecule has 0 radical (unpaired) electrons. The van der Waals surface area contributed by atoms with Gasteiger partial charge in [-0.1, -0.05) is 68.4 Å². The molecule has 3 aromatic carbocycles. The van der Waals surface area contributed by atoms with Crippen molar-refractivity contribution in [3.8, 4) is 5.75 Å². The lowest BCUT2D eigenvalue weighted by Crippen LogP contribution is -2.48. The first-order valence-corrected chi connectivity index (χ1v) is 12.3. The predicted molar refractivity (Wildman–Crippen MR) is 141 cm³/mol. The molecular weight excluding hydrogens is 472 g/mol. The molecule has 37 heavy (non-hydrogen) atoms. The van der Waals surface area contributed by atoms with E-state index in [4.69, 9.17) is 4.74 Å². The molecule has 0 aliphatic heterocycles. The number of phenolic OH excluding ortho intramolecular Hbond substituents is 1. The monoisotopic (exact) mass is 506 g/mol. The molecule has 0 heterocycles. The van der Waals surface area contributed by atoms with Gasteiger partial charge in [-0.25, -0.2) is 4.79 Å². The standard InChI is InChI=1S/C29H34N2O6/c1-18(2)15-24(29(36)37-3)30-27(34)17-26(33)23(31-28(35)22-13-6-7-14-25(22)32)16-20-11-8-10-19-9-4-5-12-21(19)20/h4-14,18,23-24,26,32-33H,15-17H2,1-3H3,(H,30,34)(H,31,35)/t23-,24-,26-/m0/s1. The quantitative estimate of drug-likeness (QED) is 0.296. The fourth-order valence-electron chi connectivity index (χ4n) is 4.32. The number of nitrogens with one attached hydrogen (secondary N) is 2. The van der Waals surface area contributed by atoms with Crippen LogP contribution in [0.15, 0.2) is 66.7 Å². The molecule has 0 aliphatic rings. The van der Waals surface area contributed by atoms with Gasteiger partial charge in [0.2, 0.25) is 5.91 Å². The Morgan fingerprint density at radius 1 is 0.919 bits per heavy atom. The maximum absolute atomic E-state index is 13.0. The van der Waals surface area contributed by atoms with E-state index in [1.165, 1.54) is 19.2 Å². The van der Waals surface area contributed by atoms with Gasteiger partial charge < -0.3 is 25.6 Å². The number of phenols is 1. The van der Waals surface area contributed by atoms with Crippen LogP contribution in [0.25, 0.3) is 10.8 Å². The van der Waals surface area contributed by atoms with E-state index < -0.39 is 36.0 Å². The molecule has 0 saturated carbocycles. The number of amides is 2. The Hall–Kier alpha value is -3.91. The van der Waals surface area contributed by atoms with Crippen LogP contribution >= 0.6 is 0 Å². The largest absolute Gasteiger partial charge is 0.507 e. The van der Waals surface area contributed by atoms with E-state index in [0.29, 0.717) is 6.42 Å². The fourth-order valence-corrected chi connectivity index (χ4v) is 4.32. The Morgan fingerprint density at radius 2 is 1.59 bits per heavy atom. The van der Waals surface area contributed by atoms with Crippen molar-refractivity contribution < 1.29 is 29.3 Å². The summed E-state index contributed by atoms with van der Waals surface area (Å²) in [6, 6.07) is 18.0. The van der Waals surface area contributed by atoms with Gasteiger partial charge in [0.15, 0.2) is 0 Å². The summed E-state index contributed by atoms with van der Waals surface area (Å²) in [5, 5.41) is 28.6. The second-order valence-corrected chi connectivity index (χ2v) is 9.48. The zero-order valence-corrected chi connectivity index (χ0v) is 21.3. The summed E-state index contributed by atoms with van der Waals surface area (Å²) in [5.41, 5.74) is 0.942. The lowest BCUT2D eigenvalue weighted by molar-refractivity contribution is -0.145. The third kappa shape index (κ3) is 7.54. The molecule has 2 amide bonds. The van der Waals surface area contributed by atoms with Crippen molar-refractivity contribution >= 4 is 28.6 Å². The van der Waals surface area contributed by atoms with E-state index in [1.807, 2.05) is 56.3 Å². The number of para-hydroxylation sites is 1. The number of carbonyl (C=O) groups excluding carboxylic acids is 3. The van der Waals surface area contributed by atoms with Gasteiger partial charge in [0, 0.05) is 0 Å². The zero-order chi connectivity index (χ0) is 26.9. The highest BCUT2D eigenvalue weighted by Gasteiger charge is 2.28. The average Bonchev–Trinajstić information content (AvgIpc) is 2.87. The van der Waals surface area contributed by atoms with Crippen molar-refractivity contribution in [1.82, 2.24) is 10.6 Å². The second kappa shape index (κ2) is 12.9. The van der Waals surface area contributed by atoms with Crippen LogP contribution in [-0.4, -0.2) is 53.3 Å². The fraction of sp³-hybridized carbons (Fsp3) is 0.345. The molecule has 0 bridgehead atoms. The number of hydrogen-bond acceptors (Lipinski definition) is 6. The first kappa shape index (κ1) is 27.7. The summed E-state index contributed by atoms with van der Waals surface area (Å²) >= 11 is 0. The van der Waals surface area contributed by atoms with Gasteiger partial charge in [0.25, 0.3) is 5.91 Å². The van der Waals surface area contributed by atoms with E-state index in [2.05, 4.69) is 10.6 Å². The number of aromatic hydroxyl groups is 1. The molecule has 0 spiro atoms. The van der Waals surface area contributed by atoms with Gasteiger partial charge in [0.05, 0.1) is 31.2 Å². The van der Waals surface area contributed by atoms with Crippen LogP contribution in [-0.2, 0) is 20.7 Å². The molecule has 0 saturated heterocycles. The molecule has 3 rings (SSSR count). The number of aliphatic hydroxyl groups excluding tert-OH is 1. The molecule has 4 N–H and O–H groups in total. The topological polar surface area (TPSA) is 125 Å². The normalized spacial score (nSPS) is 13.5. The van der Waals surface area contributed by atoms with Crippen molar-refractivity contribution in [3.63, 3.8) is 0 Å². The number of esters is 1. The first-order chi connectivity index (χ1) is 17.7. The molecule has 0 unspecified atom stereocenters. The van der Waals surface area contributed by atoms with E-state index >= 15 is 0 Å². The number of ether oxygens (including phenoxy) is 1. The maximum atomic E-state index is 13.0. The molecule has 196 valence electrons. The lowest BCUT2D eigenvalue weighted by atomic mass is 9.94. The highest BCUT2D eigenvalue weighted by molar-refractivity contribution is 5.97. The van der Waals surface area contributed by atoms with Crippen molar-refractivity contribution in [2.24, 2.45) is 5.92 Å². The van der Waals surface area contributed by atoms with Gasteiger partial charge in [-0.15, -0.1) is 0 Å². The predicted octanol–water partition coefficient (Wildman–Crippen LogP) is 3.34. The summed E-state index contributed by atoms with van der Waals surface area (Å²) in [7, 11) is 1.26. The molecule has 3 atom stereocenters. The van der Waals surface area contributed by atoms with E-state index in [0.717, 1.165) is 16.3 Å². The minimum Gasteiger partial charge on any atom is -0.507 e. The van der Waals surface area contributed by atoms with Crippen LogP contribution < -0.4 is 10.6 Å². The molecule has 0 aromatic heterocycles. The highest BCUT2D eigenvalue weighted by atomic mass is 16.5. The molecule has 0 fully saturated rings. The highest BCUT2D eigenvalue weighted by Crippen LogP contribution is 2.22. The molecule has 0 aliphatic carbocycles. The Bertz CT molecular complexity index is 1240. The van der Waals surface area contributed by atoms with Gasteiger partial charge in [0.1, 0.15) is 11.8 Å². The van der Waals surface area contributed by atoms with E-state index in [9.17, 15) is 24.6 Å². The summed E-state index contributed by atoms with van der Waals surface area (Å²) in [6.45, 7) is 3.84. The number of hydrogen-bond donors (Lipinski definition) is 4. The average molecular weight is 507 g/mol. The minimum absolute atomic E-state index is 0.0600. The van der Waals surface area contributed by atoms with Crippen molar-refractivity contribution in [3.05, 3.63) is 77.9 Å². The number of carbonyl (C=O) groups is 3. The molecule has 8 heteroatoms. The van der Waals surface area contributed by atoms with Gasteiger partial charge >= 0.3 is 5.97 Å².